The van der Waals surface area contributed by atoms with Gasteiger partial charge in [0.1, 0.15) is 0 Å². The molecule has 1 saturated heterocycles. The largest absolute Gasteiger partial charge is 0.416 e. The second-order valence-electron chi connectivity index (χ2n) is 8.50. The number of aryl methyl sites for hydroxylation is 1. The normalized spacial score (nSPS) is 17.4. The molecule has 0 unspecified atom stereocenters. The van der Waals surface area contributed by atoms with Crippen LogP contribution in [0, 0.1) is 5.92 Å². The molecular weight excluding hydrogens is 470 g/mol. The van der Waals surface area contributed by atoms with Gasteiger partial charge < -0.3 is 8.98 Å². The lowest BCUT2D eigenvalue weighted by molar-refractivity contribution is 0.102. The van der Waals surface area contributed by atoms with E-state index in [0.29, 0.717) is 29.5 Å². The number of rotatable bonds is 8. The first kappa shape index (κ1) is 22.9. The number of hydrogen-bond donors (Lipinski definition) is 0. The molecule has 7 nitrogen and oxygen atoms in total. The molecule has 1 atom stereocenters. The van der Waals surface area contributed by atoms with Crippen LogP contribution in [0.15, 0.2) is 64.2 Å². The average molecular weight is 496 g/mol. The lowest BCUT2D eigenvalue weighted by atomic mass is 10.0. The zero-order valence-electron chi connectivity index (χ0n) is 18.8. The molecule has 2 aromatic carbocycles. The molecule has 0 aliphatic carbocycles. The number of para-hydroxylation sites is 1. The molecule has 34 heavy (non-hydrogen) atoms. The van der Waals surface area contributed by atoms with E-state index in [1.807, 2.05) is 54.6 Å². The van der Waals surface area contributed by atoms with Crippen molar-refractivity contribution in [3.05, 3.63) is 66.1 Å². The smallest absolute Gasteiger partial charge is 0.277 e. The van der Waals surface area contributed by atoms with Gasteiger partial charge >= 0.3 is 0 Å². The van der Waals surface area contributed by atoms with Crippen LogP contribution >= 0.6 is 11.8 Å². The van der Waals surface area contributed by atoms with E-state index in [1.54, 1.807) is 0 Å². The third-order valence-corrected chi connectivity index (χ3v) is 8.83. The minimum Gasteiger partial charge on any atom is -0.416 e. The number of ketones is 1. The first-order valence-electron chi connectivity index (χ1n) is 11.3. The van der Waals surface area contributed by atoms with Crippen molar-refractivity contribution in [1.29, 1.82) is 0 Å². The van der Waals surface area contributed by atoms with Crippen molar-refractivity contribution in [3.63, 3.8) is 0 Å². The van der Waals surface area contributed by atoms with Crippen LogP contribution in [0.1, 0.15) is 29.6 Å². The van der Waals surface area contributed by atoms with E-state index in [2.05, 4.69) is 21.7 Å². The summed E-state index contributed by atoms with van der Waals surface area (Å²) in [5.74, 6) is 0.978. The van der Waals surface area contributed by atoms with Crippen LogP contribution in [0.4, 0.5) is 0 Å². The van der Waals surface area contributed by atoms with Crippen molar-refractivity contribution >= 4 is 38.3 Å². The van der Waals surface area contributed by atoms with Gasteiger partial charge in [0.25, 0.3) is 5.22 Å². The first-order chi connectivity index (χ1) is 16.4. The Balaban J connectivity index is 1.38. The van der Waals surface area contributed by atoms with E-state index in [0.717, 1.165) is 28.7 Å². The van der Waals surface area contributed by atoms with Crippen molar-refractivity contribution in [3.8, 4) is 11.3 Å². The number of fused-ring (bicyclic) bond motifs is 1. The van der Waals surface area contributed by atoms with Gasteiger partial charge in [0.05, 0.1) is 28.5 Å². The molecule has 4 aromatic rings. The number of Topliss-reactive ketones (excluding diaryl/α,β-unsaturated/α-hetero) is 1. The van der Waals surface area contributed by atoms with Crippen molar-refractivity contribution in [2.24, 2.45) is 5.92 Å². The second-order valence-corrected chi connectivity index (χ2v) is 11.7. The maximum absolute atomic E-state index is 13.5. The minimum atomic E-state index is -2.95. The molecule has 0 N–H and O–H groups in total. The predicted molar refractivity (Wildman–Crippen MR) is 133 cm³/mol. The highest BCUT2D eigenvalue weighted by molar-refractivity contribution is 7.99. The lowest BCUT2D eigenvalue weighted by Crippen LogP contribution is -2.07. The van der Waals surface area contributed by atoms with E-state index >= 15 is 0 Å². The van der Waals surface area contributed by atoms with Crippen LogP contribution < -0.4 is 0 Å². The Kier molecular flexibility index (Phi) is 6.31. The van der Waals surface area contributed by atoms with E-state index in [4.69, 9.17) is 4.42 Å². The summed E-state index contributed by atoms with van der Waals surface area (Å²) in [6.07, 6.45) is 1.07. The number of carbonyl (C=O) groups is 1. The molecular formula is C25H25N3O4S2. The van der Waals surface area contributed by atoms with Gasteiger partial charge in [-0.25, -0.2) is 8.42 Å². The molecule has 5 rings (SSSR count). The van der Waals surface area contributed by atoms with Gasteiger partial charge in [-0.1, -0.05) is 60.3 Å². The molecule has 9 heteroatoms. The molecule has 0 spiro atoms. The Morgan fingerprint density at radius 2 is 1.88 bits per heavy atom. The zero-order chi connectivity index (χ0) is 23.7. The summed E-state index contributed by atoms with van der Waals surface area (Å²) in [6.45, 7) is 2.83. The van der Waals surface area contributed by atoms with Crippen molar-refractivity contribution in [1.82, 2.24) is 14.8 Å². The quantitative estimate of drug-likeness (QED) is 0.259. The molecule has 0 bridgehead atoms. The topological polar surface area (TPSA) is 95.1 Å². The van der Waals surface area contributed by atoms with Crippen LogP contribution in [0.3, 0.4) is 0 Å². The Bertz CT molecular complexity index is 1440. The van der Waals surface area contributed by atoms with Crippen molar-refractivity contribution in [2.45, 2.75) is 31.5 Å². The van der Waals surface area contributed by atoms with Crippen molar-refractivity contribution < 1.29 is 17.6 Å². The lowest BCUT2D eigenvalue weighted by Gasteiger charge is -2.10. The summed E-state index contributed by atoms with van der Waals surface area (Å²) in [5.41, 5.74) is 3.65. The Labute approximate surface area is 202 Å². The molecule has 0 radical (unpaired) electrons. The number of hydrogen-bond acceptors (Lipinski definition) is 7. The van der Waals surface area contributed by atoms with Gasteiger partial charge in [-0.2, -0.15) is 0 Å². The van der Waals surface area contributed by atoms with Crippen LogP contribution in [-0.4, -0.2) is 46.2 Å². The summed E-state index contributed by atoms with van der Waals surface area (Å²) in [7, 11) is -2.95. The van der Waals surface area contributed by atoms with Crippen LogP contribution in [0.5, 0.6) is 0 Å². The number of benzene rings is 2. The van der Waals surface area contributed by atoms with Gasteiger partial charge in [-0.15, -0.1) is 10.2 Å². The van der Waals surface area contributed by atoms with Gasteiger partial charge in [0.2, 0.25) is 5.89 Å². The van der Waals surface area contributed by atoms with E-state index in [1.165, 1.54) is 11.8 Å². The molecule has 1 aliphatic rings. The molecule has 176 valence electrons. The maximum atomic E-state index is 13.5. The average Bonchev–Trinajstić information content (AvgIpc) is 3.53. The highest BCUT2D eigenvalue weighted by Crippen LogP contribution is 2.35. The van der Waals surface area contributed by atoms with Crippen LogP contribution in [0.2, 0.25) is 0 Å². The van der Waals surface area contributed by atoms with Gasteiger partial charge in [0.15, 0.2) is 15.6 Å². The summed E-state index contributed by atoms with van der Waals surface area (Å²) in [6, 6.07) is 18.0. The number of aromatic nitrogens is 3. The molecule has 3 heterocycles. The molecule has 2 aromatic heterocycles. The van der Waals surface area contributed by atoms with E-state index < -0.39 is 9.84 Å². The van der Waals surface area contributed by atoms with Crippen molar-refractivity contribution in [2.75, 3.05) is 17.3 Å². The highest BCUT2D eigenvalue weighted by Gasteiger charge is 2.29. The third-order valence-electron chi connectivity index (χ3n) is 6.18. The highest BCUT2D eigenvalue weighted by atomic mass is 32.2. The van der Waals surface area contributed by atoms with Gasteiger partial charge in [-0.3, -0.25) is 4.79 Å². The Morgan fingerprint density at radius 1 is 1.12 bits per heavy atom. The standard InChI is InChI=1S/C25H25N3O4S2/c1-2-28-20-11-7-6-10-19(20)23(24(28)18-8-4-3-5-9-18)21(29)15-33-25-27-26-22(32-25)14-17-12-13-34(30,31)16-17/h3-11,17H,2,12-16H2,1H3/t17-/m1/s1. The third kappa shape index (κ3) is 4.54. The summed E-state index contributed by atoms with van der Waals surface area (Å²) in [4.78, 5) is 13.5. The van der Waals surface area contributed by atoms with Crippen LogP contribution in [-0.2, 0) is 22.8 Å². The number of nitrogens with zero attached hydrogens (tertiary/aromatic N) is 3. The Morgan fingerprint density at radius 3 is 2.62 bits per heavy atom. The molecule has 1 aliphatic heterocycles. The monoisotopic (exact) mass is 495 g/mol. The first-order valence-corrected chi connectivity index (χ1v) is 14.1. The van der Waals surface area contributed by atoms with Gasteiger partial charge in [-0.05, 0) is 30.9 Å². The molecule has 1 fully saturated rings. The molecule has 0 saturated carbocycles. The minimum absolute atomic E-state index is 0.00566. The SMILES string of the molecule is CCn1c(-c2ccccc2)c(C(=O)CSc2nnc(C[C@H]3CCS(=O)(=O)C3)o2)c2ccccc21. The fourth-order valence-electron chi connectivity index (χ4n) is 4.67. The summed E-state index contributed by atoms with van der Waals surface area (Å²) in [5, 5.41) is 9.38. The van der Waals surface area contributed by atoms with E-state index in [9.17, 15) is 13.2 Å². The number of sulfone groups is 1. The second kappa shape index (κ2) is 9.38. The summed E-state index contributed by atoms with van der Waals surface area (Å²) >= 11 is 1.21. The fourth-order valence-corrected chi connectivity index (χ4v) is 7.18. The number of carbonyl (C=O) groups excluding carboxylic acids is 1. The predicted octanol–water partition coefficient (Wildman–Crippen LogP) is 4.66. The van der Waals surface area contributed by atoms with Crippen LogP contribution in [0.25, 0.3) is 22.2 Å². The zero-order valence-corrected chi connectivity index (χ0v) is 20.4. The van der Waals surface area contributed by atoms with E-state index in [-0.39, 0.29) is 29.0 Å². The van der Waals surface area contributed by atoms with Gasteiger partial charge in [0, 0.05) is 23.9 Å². The summed E-state index contributed by atoms with van der Waals surface area (Å²) < 4.78 is 31.3. The molecule has 0 amide bonds. The fraction of sp³-hybridized carbons (Fsp3) is 0.320. The maximum Gasteiger partial charge on any atom is 0.277 e. The Hall–Kier alpha value is -2.91. The number of thioether (sulfide) groups is 1.